The molecule has 0 N–H and O–H groups in total. The lowest BCUT2D eigenvalue weighted by molar-refractivity contribution is 0.354. The summed E-state index contributed by atoms with van der Waals surface area (Å²) in [5, 5.41) is 9.03. The van der Waals surface area contributed by atoms with Crippen molar-refractivity contribution in [2.75, 3.05) is 14.2 Å². The molecule has 2 atom stereocenters. The molecule has 0 radical (unpaired) electrons. The molecule has 2 aromatic carbocycles. The molecule has 4 nitrogen and oxygen atoms in total. The number of hydrogen-bond donors (Lipinski definition) is 0. The Morgan fingerprint density at radius 1 is 0.955 bits per heavy atom. The van der Waals surface area contributed by atoms with Gasteiger partial charge in [-0.1, -0.05) is 30.3 Å². The topological polar surface area (TPSA) is 43.2 Å². The predicted octanol–water partition coefficient (Wildman–Crippen LogP) is 4.19. The van der Waals surface area contributed by atoms with Crippen molar-refractivity contribution >= 4 is 0 Å². The maximum atomic E-state index is 5.46. The molecule has 0 aliphatic carbocycles. The Hall–Kier alpha value is -2.36. The summed E-state index contributed by atoms with van der Waals surface area (Å²) in [5.41, 5.74) is 3.48. The highest BCUT2D eigenvalue weighted by atomic mass is 16.5. The van der Waals surface area contributed by atoms with Gasteiger partial charge in [-0.2, -0.15) is 10.2 Å². The van der Waals surface area contributed by atoms with E-state index in [2.05, 4.69) is 35.4 Å². The van der Waals surface area contributed by atoms with Gasteiger partial charge in [0.05, 0.1) is 20.3 Å². The molecule has 0 saturated heterocycles. The third kappa shape index (κ3) is 2.69. The second-order valence-corrected chi connectivity index (χ2v) is 5.50. The average Bonchev–Trinajstić information content (AvgIpc) is 2.72. The van der Waals surface area contributed by atoms with Crippen LogP contribution in [0.5, 0.6) is 11.5 Å². The molecule has 4 heteroatoms. The molecule has 2 aromatic rings. The standard InChI is InChI=1S/C18H20N2O2/c1-12-9-14-10-16(21-2)17(22-3)11-15(14)18(20-19-12)13-7-5-4-6-8-13/h4-8,10-12,18H,9H2,1-3H3/t12-,18?/m1/s1. The van der Waals surface area contributed by atoms with E-state index in [0.29, 0.717) is 0 Å². The van der Waals surface area contributed by atoms with E-state index in [0.717, 1.165) is 29.0 Å². The van der Waals surface area contributed by atoms with Gasteiger partial charge in [-0.05, 0) is 42.2 Å². The van der Waals surface area contributed by atoms with Gasteiger partial charge in [0.1, 0.15) is 6.04 Å². The Bertz CT molecular complexity index is 683. The van der Waals surface area contributed by atoms with Crippen molar-refractivity contribution in [2.45, 2.75) is 25.4 Å². The monoisotopic (exact) mass is 296 g/mol. The van der Waals surface area contributed by atoms with Gasteiger partial charge in [-0.15, -0.1) is 0 Å². The molecular formula is C18H20N2O2. The van der Waals surface area contributed by atoms with Crippen LogP contribution < -0.4 is 9.47 Å². The van der Waals surface area contributed by atoms with Crippen LogP contribution in [0.2, 0.25) is 0 Å². The highest BCUT2D eigenvalue weighted by Crippen LogP contribution is 2.39. The van der Waals surface area contributed by atoms with Gasteiger partial charge in [0.2, 0.25) is 0 Å². The maximum absolute atomic E-state index is 5.46. The Morgan fingerprint density at radius 3 is 2.32 bits per heavy atom. The zero-order valence-electron chi connectivity index (χ0n) is 13.1. The van der Waals surface area contributed by atoms with Gasteiger partial charge in [-0.3, -0.25) is 0 Å². The zero-order chi connectivity index (χ0) is 15.5. The van der Waals surface area contributed by atoms with Gasteiger partial charge >= 0.3 is 0 Å². The first-order chi connectivity index (χ1) is 10.7. The fourth-order valence-electron chi connectivity index (χ4n) is 2.85. The molecule has 0 amide bonds. The fourth-order valence-corrected chi connectivity index (χ4v) is 2.85. The number of azo groups is 1. The van der Waals surface area contributed by atoms with Crippen molar-refractivity contribution in [3.05, 3.63) is 59.2 Å². The first-order valence-electron chi connectivity index (χ1n) is 7.42. The van der Waals surface area contributed by atoms with Crippen LogP contribution in [0.3, 0.4) is 0 Å². The molecule has 1 aliphatic rings. The van der Waals surface area contributed by atoms with Crippen molar-refractivity contribution in [3.63, 3.8) is 0 Å². The lowest BCUT2D eigenvalue weighted by atomic mass is 9.92. The van der Waals surface area contributed by atoms with Gasteiger partial charge in [0, 0.05) is 0 Å². The quantitative estimate of drug-likeness (QED) is 0.852. The molecule has 0 fully saturated rings. The number of benzene rings is 2. The number of fused-ring (bicyclic) bond motifs is 1. The van der Waals surface area contributed by atoms with Crippen LogP contribution in [0, 0.1) is 0 Å². The summed E-state index contributed by atoms with van der Waals surface area (Å²) >= 11 is 0. The summed E-state index contributed by atoms with van der Waals surface area (Å²) < 4.78 is 10.9. The first kappa shape index (κ1) is 14.6. The van der Waals surface area contributed by atoms with E-state index in [9.17, 15) is 0 Å². The highest BCUT2D eigenvalue weighted by Gasteiger charge is 2.24. The van der Waals surface area contributed by atoms with Crippen LogP contribution in [-0.2, 0) is 6.42 Å². The summed E-state index contributed by atoms with van der Waals surface area (Å²) in [6, 6.07) is 14.4. The van der Waals surface area contributed by atoms with E-state index in [1.165, 1.54) is 5.56 Å². The van der Waals surface area contributed by atoms with Crippen molar-refractivity contribution in [1.82, 2.24) is 0 Å². The Kier molecular flexibility index (Phi) is 4.09. The summed E-state index contributed by atoms with van der Waals surface area (Å²) in [5.74, 6) is 1.48. The second-order valence-electron chi connectivity index (χ2n) is 5.50. The van der Waals surface area contributed by atoms with Gasteiger partial charge in [-0.25, -0.2) is 0 Å². The van der Waals surface area contributed by atoms with Crippen LogP contribution in [-0.4, -0.2) is 20.3 Å². The largest absolute Gasteiger partial charge is 0.493 e. The lowest BCUT2D eigenvalue weighted by Crippen LogP contribution is -2.05. The Balaban J connectivity index is 2.16. The van der Waals surface area contributed by atoms with Crippen molar-refractivity contribution in [3.8, 4) is 11.5 Å². The van der Waals surface area contributed by atoms with Gasteiger partial charge < -0.3 is 9.47 Å². The first-order valence-corrected chi connectivity index (χ1v) is 7.42. The molecule has 1 unspecified atom stereocenters. The molecule has 114 valence electrons. The number of rotatable bonds is 3. The second kappa shape index (κ2) is 6.18. The smallest absolute Gasteiger partial charge is 0.161 e. The maximum Gasteiger partial charge on any atom is 0.161 e. The summed E-state index contributed by atoms with van der Waals surface area (Å²) in [7, 11) is 3.32. The average molecular weight is 296 g/mol. The molecule has 0 aromatic heterocycles. The van der Waals surface area contributed by atoms with Crippen LogP contribution in [0.1, 0.15) is 29.7 Å². The Labute approximate surface area is 130 Å². The number of ether oxygens (including phenoxy) is 2. The minimum absolute atomic E-state index is 0.0963. The Morgan fingerprint density at radius 2 is 1.64 bits per heavy atom. The minimum Gasteiger partial charge on any atom is -0.493 e. The van der Waals surface area contributed by atoms with Crippen molar-refractivity contribution < 1.29 is 9.47 Å². The SMILES string of the molecule is COc1cc2c(cc1OC)C(c1ccccc1)N=N[C@H](C)C2. The molecule has 0 bridgehead atoms. The normalized spacial score (nSPS) is 20.1. The van der Waals surface area contributed by atoms with Crippen LogP contribution in [0.15, 0.2) is 52.7 Å². The van der Waals surface area contributed by atoms with E-state index < -0.39 is 0 Å². The summed E-state index contributed by atoms with van der Waals surface area (Å²) in [6.45, 7) is 2.08. The predicted molar refractivity (Wildman–Crippen MR) is 85.9 cm³/mol. The molecule has 1 aliphatic heterocycles. The molecule has 1 heterocycles. The summed E-state index contributed by atoms with van der Waals surface area (Å²) in [6.07, 6.45) is 0.850. The van der Waals surface area contributed by atoms with Gasteiger partial charge in [0.25, 0.3) is 0 Å². The number of hydrogen-bond acceptors (Lipinski definition) is 4. The minimum atomic E-state index is -0.0963. The molecule has 3 rings (SSSR count). The third-order valence-corrected chi connectivity index (χ3v) is 3.95. The number of nitrogens with zero attached hydrogens (tertiary/aromatic N) is 2. The van der Waals surface area contributed by atoms with Crippen LogP contribution in [0.25, 0.3) is 0 Å². The van der Waals surface area contributed by atoms with Crippen molar-refractivity contribution in [2.24, 2.45) is 10.2 Å². The lowest BCUT2D eigenvalue weighted by Gasteiger charge is -2.17. The summed E-state index contributed by atoms with van der Waals surface area (Å²) in [4.78, 5) is 0. The van der Waals surface area contributed by atoms with Gasteiger partial charge in [0.15, 0.2) is 11.5 Å². The highest BCUT2D eigenvalue weighted by molar-refractivity contribution is 5.51. The van der Waals surface area contributed by atoms with E-state index in [-0.39, 0.29) is 12.1 Å². The molecule has 22 heavy (non-hydrogen) atoms. The zero-order valence-corrected chi connectivity index (χ0v) is 13.1. The fraction of sp³-hybridized carbons (Fsp3) is 0.333. The van der Waals surface area contributed by atoms with Crippen LogP contribution >= 0.6 is 0 Å². The van der Waals surface area contributed by atoms with Crippen LogP contribution in [0.4, 0.5) is 0 Å². The third-order valence-electron chi connectivity index (χ3n) is 3.95. The van der Waals surface area contributed by atoms with E-state index in [4.69, 9.17) is 9.47 Å². The van der Waals surface area contributed by atoms with Crippen molar-refractivity contribution in [1.29, 1.82) is 0 Å². The van der Waals surface area contributed by atoms with E-state index in [1.54, 1.807) is 14.2 Å². The van der Waals surface area contributed by atoms with E-state index in [1.807, 2.05) is 24.3 Å². The molecule has 0 saturated carbocycles. The molecular weight excluding hydrogens is 276 g/mol. The number of methoxy groups -OCH3 is 2. The van der Waals surface area contributed by atoms with E-state index >= 15 is 0 Å². The molecule has 0 spiro atoms.